The number of aryl methyl sites for hydroxylation is 1. The summed E-state index contributed by atoms with van der Waals surface area (Å²) in [5.74, 6) is -0.0405. The number of furan rings is 1. The molecule has 3 rings (SSSR count). The van der Waals surface area contributed by atoms with E-state index in [2.05, 4.69) is 5.32 Å². The lowest BCUT2D eigenvalue weighted by Gasteiger charge is -2.30. The summed E-state index contributed by atoms with van der Waals surface area (Å²) in [5.41, 5.74) is 1.26. The average Bonchev–Trinajstić information content (AvgIpc) is 2.86. The van der Waals surface area contributed by atoms with E-state index >= 15 is 0 Å². The number of rotatable bonds is 3. The molecule has 6 nitrogen and oxygen atoms in total. The zero-order valence-electron chi connectivity index (χ0n) is 13.5. The Morgan fingerprint density at radius 2 is 2.00 bits per heavy atom. The quantitative estimate of drug-likeness (QED) is 0.900. The van der Waals surface area contributed by atoms with E-state index in [1.807, 2.05) is 19.1 Å². The second-order valence-electron chi connectivity index (χ2n) is 6.08. The summed E-state index contributed by atoms with van der Waals surface area (Å²) in [6.45, 7) is 2.65. The van der Waals surface area contributed by atoms with Crippen LogP contribution in [0.1, 0.15) is 29.0 Å². The van der Waals surface area contributed by atoms with Crippen molar-refractivity contribution in [2.45, 2.75) is 25.8 Å². The highest BCUT2D eigenvalue weighted by Gasteiger charge is 2.27. The van der Waals surface area contributed by atoms with Crippen molar-refractivity contribution in [3.8, 4) is 0 Å². The highest BCUT2D eigenvalue weighted by atomic mass is 35.5. The number of hydrogen-bond acceptors (Lipinski definition) is 4. The molecule has 0 saturated carbocycles. The summed E-state index contributed by atoms with van der Waals surface area (Å²) in [6, 6.07) is 5.32. The number of para-hydroxylation sites is 1. The first-order chi connectivity index (χ1) is 11.3. The summed E-state index contributed by atoms with van der Waals surface area (Å²) < 4.78 is 30.1. The van der Waals surface area contributed by atoms with E-state index in [-0.39, 0.29) is 17.7 Å². The van der Waals surface area contributed by atoms with Gasteiger partial charge in [0.25, 0.3) is 5.91 Å². The van der Waals surface area contributed by atoms with Crippen LogP contribution >= 0.6 is 11.6 Å². The van der Waals surface area contributed by atoms with Crippen LogP contribution in [-0.4, -0.2) is 44.0 Å². The van der Waals surface area contributed by atoms with E-state index < -0.39 is 10.0 Å². The number of carbonyl (C=O) groups excluding carboxylic acids is 1. The van der Waals surface area contributed by atoms with Gasteiger partial charge in [-0.2, -0.15) is 0 Å². The van der Waals surface area contributed by atoms with Crippen molar-refractivity contribution in [2.24, 2.45) is 0 Å². The molecule has 1 amide bonds. The Balaban J connectivity index is 1.73. The molecule has 1 aromatic heterocycles. The van der Waals surface area contributed by atoms with Crippen LogP contribution in [0.15, 0.2) is 22.6 Å². The molecule has 2 heterocycles. The number of carbonyl (C=O) groups is 1. The van der Waals surface area contributed by atoms with Crippen molar-refractivity contribution in [1.29, 1.82) is 0 Å². The molecule has 1 aliphatic rings. The van der Waals surface area contributed by atoms with Gasteiger partial charge in [-0.15, -0.1) is 0 Å². The van der Waals surface area contributed by atoms with Gasteiger partial charge in [-0.05, 0) is 25.8 Å². The number of nitrogens with one attached hydrogen (secondary N) is 1. The third-order valence-electron chi connectivity index (χ3n) is 4.38. The van der Waals surface area contributed by atoms with E-state index in [9.17, 15) is 13.2 Å². The van der Waals surface area contributed by atoms with Gasteiger partial charge in [-0.1, -0.05) is 23.7 Å². The number of fused-ring (bicyclic) bond motifs is 1. The molecular formula is C16H19ClN2O4S. The first-order valence-electron chi connectivity index (χ1n) is 7.71. The SMILES string of the molecule is Cc1c(C(=O)NC2CCN(S(C)(=O)=O)CC2)oc2c(Cl)cccc12. The molecule has 8 heteroatoms. The Morgan fingerprint density at radius 3 is 2.58 bits per heavy atom. The molecule has 0 spiro atoms. The molecule has 24 heavy (non-hydrogen) atoms. The standard InChI is InChI=1S/C16H19ClN2O4S/c1-10-12-4-3-5-13(17)15(12)23-14(10)16(20)18-11-6-8-19(9-7-11)24(2,21)22/h3-5,11H,6-9H2,1-2H3,(H,18,20). The molecule has 1 fully saturated rings. The number of halogens is 1. The predicted octanol–water partition coefficient (Wildman–Crippen LogP) is 2.55. The van der Waals surface area contributed by atoms with Crippen LogP contribution in [0.5, 0.6) is 0 Å². The molecule has 0 atom stereocenters. The normalized spacial score (nSPS) is 17.3. The molecule has 1 saturated heterocycles. The van der Waals surface area contributed by atoms with E-state index in [4.69, 9.17) is 16.0 Å². The van der Waals surface area contributed by atoms with Crippen molar-refractivity contribution in [3.05, 3.63) is 34.5 Å². The second-order valence-corrected chi connectivity index (χ2v) is 8.47. The predicted molar refractivity (Wildman–Crippen MR) is 92.9 cm³/mol. The molecule has 0 bridgehead atoms. The molecule has 130 valence electrons. The van der Waals surface area contributed by atoms with Crippen molar-refractivity contribution in [3.63, 3.8) is 0 Å². The fourth-order valence-electron chi connectivity index (χ4n) is 3.01. The molecule has 2 aromatic rings. The van der Waals surface area contributed by atoms with E-state index in [1.54, 1.807) is 6.07 Å². The average molecular weight is 371 g/mol. The summed E-state index contributed by atoms with van der Waals surface area (Å²) in [5, 5.41) is 4.22. The third kappa shape index (κ3) is 3.29. The molecule has 0 aliphatic carbocycles. The molecule has 1 N–H and O–H groups in total. The monoisotopic (exact) mass is 370 g/mol. The molecular weight excluding hydrogens is 352 g/mol. The van der Waals surface area contributed by atoms with Crippen LogP contribution < -0.4 is 5.32 Å². The van der Waals surface area contributed by atoms with Gasteiger partial charge in [0, 0.05) is 30.1 Å². The second kappa shape index (κ2) is 6.38. The number of nitrogens with zero attached hydrogens (tertiary/aromatic N) is 1. The van der Waals surface area contributed by atoms with Crippen LogP contribution in [0.25, 0.3) is 11.0 Å². The van der Waals surface area contributed by atoms with Gasteiger partial charge >= 0.3 is 0 Å². The van der Waals surface area contributed by atoms with Gasteiger partial charge in [0.05, 0.1) is 11.3 Å². The Morgan fingerprint density at radius 1 is 1.33 bits per heavy atom. The van der Waals surface area contributed by atoms with Crippen LogP contribution in [-0.2, 0) is 10.0 Å². The molecule has 1 aliphatic heterocycles. The maximum Gasteiger partial charge on any atom is 0.287 e. The highest BCUT2D eigenvalue weighted by molar-refractivity contribution is 7.88. The van der Waals surface area contributed by atoms with Gasteiger partial charge in [-0.3, -0.25) is 4.79 Å². The van der Waals surface area contributed by atoms with Crippen molar-refractivity contribution in [2.75, 3.05) is 19.3 Å². The van der Waals surface area contributed by atoms with Crippen molar-refractivity contribution in [1.82, 2.24) is 9.62 Å². The maximum atomic E-state index is 12.5. The summed E-state index contributed by atoms with van der Waals surface area (Å²) in [7, 11) is -3.17. The minimum atomic E-state index is -3.17. The smallest absolute Gasteiger partial charge is 0.287 e. The maximum absolute atomic E-state index is 12.5. The van der Waals surface area contributed by atoms with Gasteiger partial charge in [0.1, 0.15) is 0 Å². The summed E-state index contributed by atoms with van der Waals surface area (Å²) in [4.78, 5) is 12.5. The lowest BCUT2D eigenvalue weighted by atomic mass is 10.1. The lowest BCUT2D eigenvalue weighted by Crippen LogP contribution is -2.46. The minimum absolute atomic E-state index is 0.0708. The van der Waals surface area contributed by atoms with Gasteiger partial charge in [0.2, 0.25) is 10.0 Å². The fourth-order valence-corrected chi connectivity index (χ4v) is 4.10. The summed E-state index contributed by atoms with van der Waals surface area (Å²) in [6.07, 6.45) is 2.37. The number of amides is 1. The summed E-state index contributed by atoms with van der Waals surface area (Å²) >= 11 is 6.11. The van der Waals surface area contributed by atoms with Gasteiger partial charge < -0.3 is 9.73 Å². The number of sulfonamides is 1. The Bertz CT molecular complexity index is 883. The van der Waals surface area contributed by atoms with Crippen LogP contribution in [0.2, 0.25) is 5.02 Å². The van der Waals surface area contributed by atoms with Crippen molar-refractivity contribution >= 4 is 38.5 Å². The Labute approximate surface area is 145 Å². The molecule has 0 radical (unpaired) electrons. The fraction of sp³-hybridized carbons (Fsp3) is 0.438. The lowest BCUT2D eigenvalue weighted by molar-refractivity contribution is 0.0897. The van der Waals surface area contributed by atoms with Crippen LogP contribution in [0.3, 0.4) is 0 Å². The van der Waals surface area contributed by atoms with Crippen LogP contribution in [0, 0.1) is 6.92 Å². The zero-order chi connectivity index (χ0) is 17.5. The van der Waals surface area contributed by atoms with Crippen molar-refractivity contribution < 1.29 is 17.6 Å². The van der Waals surface area contributed by atoms with Gasteiger partial charge in [0.15, 0.2) is 11.3 Å². The topological polar surface area (TPSA) is 79.6 Å². The van der Waals surface area contributed by atoms with E-state index in [1.165, 1.54) is 10.6 Å². The molecule has 0 unspecified atom stereocenters. The number of piperidine rings is 1. The van der Waals surface area contributed by atoms with E-state index in [0.717, 1.165) is 10.9 Å². The minimum Gasteiger partial charge on any atom is -0.449 e. The third-order valence-corrected chi connectivity index (χ3v) is 5.98. The largest absolute Gasteiger partial charge is 0.449 e. The van der Waals surface area contributed by atoms with E-state index in [0.29, 0.717) is 36.5 Å². The Hall–Kier alpha value is -1.57. The Kier molecular flexibility index (Phi) is 4.59. The first kappa shape index (κ1) is 17.3. The van der Waals surface area contributed by atoms with Crippen LogP contribution in [0.4, 0.5) is 0 Å². The number of benzene rings is 1. The zero-order valence-corrected chi connectivity index (χ0v) is 15.1. The number of hydrogen-bond donors (Lipinski definition) is 1. The first-order valence-corrected chi connectivity index (χ1v) is 9.93. The van der Waals surface area contributed by atoms with Gasteiger partial charge in [-0.25, -0.2) is 12.7 Å². The molecule has 1 aromatic carbocycles. The highest BCUT2D eigenvalue weighted by Crippen LogP contribution is 2.30.